The first kappa shape index (κ1) is 21.5. The lowest BCUT2D eigenvalue weighted by molar-refractivity contribution is 0.00794. The van der Waals surface area contributed by atoms with Crippen LogP contribution in [0.2, 0.25) is 5.02 Å². The molecule has 3 fully saturated rings. The van der Waals surface area contributed by atoms with Gasteiger partial charge in [-0.3, -0.25) is 0 Å². The quantitative estimate of drug-likeness (QED) is 0.615. The summed E-state index contributed by atoms with van der Waals surface area (Å²) in [6, 6.07) is 12.1. The van der Waals surface area contributed by atoms with Crippen molar-refractivity contribution < 1.29 is 19.3 Å². The first-order chi connectivity index (χ1) is 15.7. The predicted molar refractivity (Wildman–Crippen MR) is 125 cm³/mol. The molecule has 1 unspecified atom stereocenters. The highest BCUT2D eigenvalue weighted by Gasteiger charge is 2.48. The number of benzene rings is 1. The number of pyridine rings is 1. The SMILES string of the molecule is CC.O[C@@H]1CO[C@H]2C1OC[C@H]2Oc1cc2nc(-c3ccc(N4CCC4)cc3)c(Cl)cc2[nH]1. The lowest BCUT2D eigenvalue weighted by atomic mass is 10.1. The van der Waals surface area contributed by atoms with Crippen LogP contribution in [-0.4, -0.2) is 65.8 Å². The van der Waals surface area contributed by atoms with Crippen molar-refractivity contribution in [2.75, 3.05) is 31.2 Å². The van der Waals surface area contributed by atoms with Crippen LogP contribution in [0.25, 0.3) is 22.3 Å². The summed E-state index contributed by atoms with van der Waals surface area (Å²) < 4.78 is 17.3. The van der Waals surface area contributed by atoms with Gasteiger partial charge in [0.15, 0.2) is 12.0 Å². The van der Waals surface area contributed by atoms with E-state index in [9.17, 15) is 5.11 Å². The molecule has 1 aromatic carbocycles. The van der Waals surface area contributed by atoms with Gasteiger partial charge in [-0.1, -0.05) is 37.6 Å². The highest BCUT2D eigenvalue weighted by atomic mass is 35.5. The van der Waals surface area contributed by atoms with Gasteiger partial charge in [-0.15, -0.1) is 0 Å². The van der Waals surface area contributed by atoms with Crippen molar-refractivity contribution in [3.63, 3.8) is 0 Å². The highest BCUT2D eigenvalue weighted by Crippen LogP contribution is 2.34. The number of aromatic nitrogens is 2. The van der Waals surface area contributed by atoms with E-state index in [1.807, 2.05) is 26.0 Å². The number of aromatic amines is 1. The molecule has 0 saturated carbocycles. The van der Waals surface area contributed by atoms with Gasteiger partial charge in [-0.25, -0.2) is 4.98 Å². The fraction of sp³-hybridized carbons (Fsp3) is 0.458. The highest BCUT2D eigenvalue weighted by molar-refractivity contribution is 6.33. The molecule has 3 saturated heterocycles. The Morgan fingerprint density at radius 2 is 1.84 bits per heavy atom. The topological polar surface area (TPSA) is 79.8 Å². The summed E-state index contributed by atoms with van der Waals surface area (Å²) in [5.41, 5.74) is 4.54. The minimum atomic E-state index is -0.596. The van der Waals surface area contributed by atoms with E-state index in [0.29, 0.717) is 17.5 Å². The second-order valence-electron chi connectivity index (χ2n) is 8.09. The Kier molecular flexibility index (Phi) is 5.99. The average Bonchev–Trinajstić information content (AvgIpc) is 3.45. The van der Waals surface area contributed by atoms with E-state index in [-0.39, 0.29) is 24.9 Å². The van der Waals surface area contributed by atoms with E-state index in [0.717, 1.165) is 35.4 Å². The number of aliphatic hydroxyl groups is 1. The molecule has 3 aliphatic rings. The molecule has 5 heterocycles. The Bertz CT molecular complexity index is 1080. The van der Waals surface area contributed by atoms with Crippen LogP contribution in [0.15, 0.2) is 36.4 Å². The zero-order valence-corrected chi connectivity index (χ0v) is 19.0. The monoisotopic (exact) mass is 457 g/mol. The van der Waals surface area contributed by atoms with Gasteiger partial charge in [0, 0.05) is 30.4 Å². The van der Waals surface area contributed by atoms with Gasteiger partial charge < -0.3 is 29.2 Å². The van der Waals surface area contributed by atoms with Gasteiger partial charge in [-0.2, -0.15) is 0 Å². The number of halogens is 1. The first-order valence-electron chi connectivity index (χ1n) is 11.3. The molecule has 32 heavy (non-hydrogen) atoms. The zero-order valence-electron chi connectivity index (χ0n) is 18.3. The van der Waals surface area contributed by atoms with Crippen LogP contribution in [0.1, 0.15) is 20.3 Å². The summed E-state index contributed by atoms with van der Waals surface area (Å²) in [6.45, 7) is 6.89. The zero-order chi connectivity index (χ0) is 22.2. The molecule has 0 aliphatic carbocycles. The molecular formula is C24H28ClN3O4. The predicted octanol–water partition coefficient (Wildman–Crippen LogP) is 4.03. The molecule has 0 radical (unpaired) electrons. The third kappa shape index (κ3) is 3.83. The Balaban J connectivity index is 0.00000105. The van der Waals surface area contributed by atoms with Crippen molar-refractivity contribution in [1.29, 1.82) is 0 Å². The summed E-state index contributed by atoms with van der Waals surface area (Å²) in [6.07, 6.45) is -0.197. The van der Waals surface area contributed by atoms with Crippen LogP contribution in [0.4, 0.5) is 5.69 Å². The maximum absolute atomic E-state index is 9.89. The fourth-order valence-corrected chi connectivity index (χ4v) is 4.65. The third-order valence-corrected chi connectivity index (χ3v) is 6.44. The molecule has 0 amide bonds. The molecule has 2 N–H and O–H groups in total. The summed E-state index contributed by atoms with van der Waals surface area (Å²) in [5, 5.41) is 10.5. The lowest BCUT2D eigenvalue weighted by Crippen LogP contribution is -2.36. The maximum atomic E-state index is 9.89. The number of nitrogens with one attached hydrogen (secondary N) is 1. The molecule has 8 heteroatoms. The van der Waals surface area contributed by atoms with E-state index in [1.54, 1.807) is 0 Å². The summed E-state index contributed by atoms with van der Waals surface area (Å²) in [4.78, 5) is 10.3. The molecule has 3 aliphatic heterocycles. The Hall–Kier alpha value is -2.32. The minimum Gasteiger partial charge on any atom is -0.470 e. The van der Waals surface area contributed by atoms with Gasteiger partial charge in [0.2, 0.25) is 0 Å². The Labute approximate surface area is 192 Å². The molecule has 0 spiro atoms. The number of rotatable bonds is 4. The molecule has 0 bridgehead atoms. The first-order valence-corrected chi connectivity index (χ1v) is 11.7. The number of hydrogen-bond donors (Lipinski definition) is 2. The van der Waals surface area contributed by atoms with Gasteiger partial charge >= 0.3 is 0 Å². The van der Waals surface area contributed by atoms with Crippen LogP contribution in [-0.2, 0) is 9.47 Å². The fourth-order valence-electron chi connectivity index (χ4n) is 4.38. The van der Waals surface area contributed by atoms with Gasteiger partial charge in [-0.05, 0) is 24.6 Å². The summed E-state index contributed by atoms with van der Waals surface area (Å²) in [7, 11) is 0. The van der Waals surface area contributed by atoms with E-state index in [2.05, 4.69) is 34.1 Å². The van der Waals surface area contributed by atoms with E-state index >= 15 is 0 Å². The van der Waals surface area contributed by atoms with E-state index in [4.69, 9.17) is 30.8 Å². The second kappa shape index (κ2) is 8.90. The van der Waals surface area contributed by atoms with Crippen LogP contribution >= 0.6 is 11.6 Å². The third-order valence-electron chi connectivity index (χ3n) is 6.15. The number of fused-ring (bicyclic) bond motifs is 2. The normalized spacial score (nSPS) is 26.4. The van der Waals surface area contributed by atoms with Crippen molar-refractivity contribution in [1.82, 2.24) is 9.97 Å². The van der Waals surface area contributed by atoms with Gasteiger partial charge in [0.1, 0.15) is 18.3 Å². The van der Waals surface area contributed by atoms with E-state index < -0.39 is 6.10 Å². The average molecular weight is 458 g/mol. The van der Waals surface area contributed by atoms with Crippen LogP contribution in [0.5, 0.6) is 5.88 Å². The summed E-state index contributed by atoms with van der Waals surface area (Å²) in [5.74, 6) is 0.582. The molecule has 4 atom stereocenters. The van der Waals surface area contributed by atoms with E-state index in [1.165, 1.54) is 12.1 Å². The molecule has 2 aromatic heterocycles. The molecule has 170 valence electrons. The number of nitrogens with zero attached hydrogens (tertiary/aromatic N) is 2. The molecule has 3 aromatic rings. The molecular weight excluding hydrogens is 430 g/mol. The van der Waals surface area contributed by atoms with Crippen molar-refractivity contribution >= 4 is 28.3 Å². The van der Waals surface area contributed by atoms with Crippen LogP contribution in [0.3, 0.4) is 0 Å². The molecule has 6 rings (SSSR count). The van der Waals surface area contributed by atoms with Crippen molar-refractivity contribution in [3.05, 3.63) is 41.4 Å². The van der Waals surface area contributed by atoms with Crippen molar-refractivity contribution in [2.45, 2.75) is 44.7 Å². The molecule has 7 nitrogen and oxygen atoms in total. The number of hydrogen-bond acceptors (Lipinski definition) is 6. The van der Waals surface area contributed by atoms with Crippen LogP contribution in [0, 0.1) is 0 Å². The standard InChI is InChI=1S/C22H22ClN3O4.C2H6/c23-14-8-15-16(25-20(14)12-2-4-13(5-3-12)26-6-1-7-26)9-19(24-15)30-18-11-29-21-17(27)10-28-22(18)21;1-2/h2-5,8-9,17-18,21-22,24,27H,1,6-7,10-11H2;1-2H3/t17-,18-,21?,22-;/m1./s1. The van der Waals surface area contributed by atoms with Crippen molar-refractivity contribution in [3.8, 4) is 17.1 Å². The van der Waals surface area contributed by atoms with Gasteiger partial charge in [0.05, 0.1) is 35.0 Å². The lowest BCUT2D eigenvalue weighted by Gasteiger charge is -2.33. The summed E-state index contributed by atoms with van der Waals surface area (Å²) >= 11 is 6.55. The number of aliphatic hydroxyl groups excluding tert-OH is 1. The number of ether oxygens (including phenoxy) is 3. The van der Waals surface area contributed by atoms with Crippen molar-refractivity contribution in [2.24, 2.45) is 0 Å². The number of H-pyrrole nitrogens is 1. The Morgan fingerprint density at radius 1 is 1.09 bits per heavy atom. The van der Waals surface area contributed by atoms with Gasteiger partial charge in [0.25, 0.3) is 0 Å². The largest absolute Gasteiger partial charge is 0.470 e. The second-order valence-corrected chi connectivity index (χ2v) is 8.50. The number of anilines is 1. The smallest absolute Gasteiger partial charge is 0.193 e. The Morgan fingerprint density at radius 3 is 2.56 bits per heavy atom. The van der Waals surface area contributed by atoms with Crippen LogP contribution < -0.4 is 9.64 Å². The minimum absolute atomic E-state index is 0.261. The maximum Gasteiger partial charge on any atom is 0.193 e.